The van der Waals surface area contributed by atoms with Crippen LogP contribution in [0.1, 0.15) is 55.1 Å². The Hall–Kier alpha value is -3.77. The molecule has 0 unspecified atom stereocenters. The van der Waals surface area contributed by atoms with E-state index in [1.807, 2.05) is 11.6 Å². The lowest BCUT2D eigenvalue weighted by atomic mass is 9.95. The molecule has 4 aliphatic rings. The highest BCUT2D eigenvalue weighted by molar-refractivity contribution is 6.30. The fourth-order valence-electron chi connectivity index (χ4n) is 8.13. The van der Waals surface area contributed by atoms with Crippen LogP contribution in [0, 0.1) is 5.82 Å². The van der Waals surface area contributed by atoms with Crippen LogP contribution in [0.2, 0.25) is 5.15 Å². The lowest BCUT2D eigenvalue weighted by molar-refractivity contribution is 0.107. The zero-order valence-electron chi connectivity index (χ0n) is 25.9. The van der Waals surface area contributed by atoms with E-state index >= 15 is 4.39 Å². The average Bonchev–Trinajstić information content (AvgIpc) is 3.63. The van der Waals surface area contributed by atoms with Crippen molar-refractivity contribution in [3.05, 3.63) is 57.8 Å². The zero-order valence-corrected chi connectivity index (χ0v) is 26.6. The van der Waals surface area contributed by atoms with Crippen molar-refractivity contribution in [1.82, 2.24) is 29.9 Å². The summed E-state index contributed by atoms with van der Waals surface area (Å²) in [6, 6.07) is 6.86. The van der Waals surface area contributed by atoms with Crippen LogP contribution in [0.5, 0.6) is 11.8 Å². The number of hydrogen-bond acceptors (Lipinski definition) is 9. The van der Waals surface area contributed by atoms with Gasteiger partial charge < -0.3 is 19.6 Å². The first-order valence-electron chi connectivity index (χ1n) is 16.3. The van der Waals surface area contributed by atoms with Gasteiger partial charge in [0, 0.05) is 55.3 Å². The third-order valence-corrected chi connectivity index (χ3v) is 10.6. The number of phenolic OH excluding ortho intramolecular Hbond substituents is 1. The maximum atomic E-state index is 15.0. The summed E-state index contributed by atoms with van der Waals surface area (Å²) in [5.41, 5.74) is 3.75. The van der Waals surface area contributed by atoms with E-state index in [0.29, 0.717) is 69.3 Å². The Morgan fingerprint density at radius 3 is 2.85 bits per heavy atom. The SMILES string of the molecule is CCc1c(F)ccc2cc(O)cc(N3CCc4c(nc(OC[C@@]56CCCN5C[C@H](F)C6)nc4N4CCCn5nnc(Cl)c5C4)C3)c12. The van der Waals surface area contributed by atoms with Gasteiger partial charge in [-0.05, 0) is 61.7 Å². The summed E-state index contributed by atoms with van der Waals surface area (Å²) in [5, 5.41) is 21.0. The van der Waals surface area contributed by atoms with Crippen LogP contribution in [0.25, 0.3) is 10.8 Å². The van der Waals surface area contributed by atoms with E-state index in [1.54, 1.807) is 18.2 Å². The van der Waals surface area contributed by atoms with Crippen molar-refractivity contribution in [2.75, 3.05) is 42.6 Å². The number of rotatable bonds is 6. The predicted molar refractivity (Wildman–Crippen MR) is 171 cm³/mol. The lowest BCUT2D eigenvalue weighted by Gasteiger charge is -2.35. The quantitative estimate of drug-likeness (QED) is 0.302. The Morgan fingerprint density at radius 2 is 1.98 bits per heavy atom. The van der Waals surface area contributed by atoms with Crippen molar-refractivity contribution < 1.29 is 18.6 Å². The minimum Gasteiger partial charge on any atom is -0.508 e. The third-order valence-electron chi connectivity index (χ3n) is 10.3. The van der Waals surface area contributed by atoms with Gasteiger partial charge in [-0.3, -0.25) is 4.90 Å². The maximum Gasteiger partial charge on any atom is 0.318 e. The Labute approximate surface area is 270 Å². The lowest BCUT2D eigenvalue weighted by Crippen LogP contribution is -2.43. The summed E-state index contributed by atoms with van der Waals surface area (Å²) < 4.78 is 37.8. The number of benzene rings is 2. The molecule has 0 aliphatic carbocycles. The molecule has 0 spiro atoms. The van der Waals surface area contributed by atoms with Crippen LogP contribution in [-0.2, 0) is 32.5 Å². The first-order chi connectivity index (χ1) is 22.3. The molecular formula is C33H37ClF2N8O2. The van der Waals surface area contributed by atoms with E-state index < -0.39 is 6.17 Å². The van der Waals surface area contributed by atoms with Crippen LogP contribution in [0.3, 0.4) is 0 Å². The molecule has 2 aromatic carbocycles. The number of ether oxygens (including phenoxy) is 1. The fraction of sp³-hybridized carbons (Fsp3) is 0.515. The van der Waals surface area contributed by atoms with Gasteiger partial charge in [-0.1, -0.05) is 29.8 Å². The molecule has 0 saturated carbocycles. The number of aromatic hydroxyl groups is 1. The standard InChI is InChI=1S/C33H37ClF2N8O2/c1-2-23-25(36)6-5-20-13-22(45)14-27(29(20)23)41-12-7-24-26(17-41)37-32(46-19-33-8-3-10-43(33)16-21(35)15-33)38-31(24)42-9-4-11-44-28(18-42)30(34)39-40-44/h5-6,13-14,21,45H,2-4,7-12,15-19H2,1H3/t21-,33+/m1/s1. The monoisotopic (exact) mass is 650 g/mol. The van der Waals surface area contributed by atoms with E-state index in [1.165, 1.54) is 6.07 Å². The largest absolute Gasteiger partial charge is 0.508 e. The number of phenols is 1. The van der Waals surface area contributed by atoms with Gasteiger partial charge in [-0.15, -0.1) is 5.10 Å². The normalized spacial score (nSPS) is 23.0. The van der Waals surface area contributed by atoms with Crippen molar-refractivity contribution in [3.63, 3.8) is 0 Å². The number of fused-ring (bicyclic) bond motifs is 4. The Morgan fingerprint density at radius 1 is 1.09 bits per heavy atom. The predicted octanol–water partition coefficient (Wildman–Crippen LogP) is 5.21. The van der Waals surface area contributed by atoms with Crippen LogP contribution < -0.4 is 14.5 Å². The maximum absolute atomic E-state index is 15.0. The molecule has 2 aromatic heterocycles. The third kappa shape index (κ3) is 5.00. The van der Waals surface area contributed by atoms with Crippen molar-refractivity contribution in [2.45, 2.75) is 76.8 Å². The first-order valence-corrected chi connectivity index (χ1v) is 16.6. The highest BCUT2D eigenvalue weighted by Crippen LogP contribution is 2.42. The average molecular weight is 651 g/mol. The van der Waals surface area contributed by atoms with Crippen LogP contribution in [0.4, 0.5) is 20.3 Å². The second-order valence-electron chi connectivity index (χ2n) is 13.1. The van der Waals surface area contributed by atoms with Gasteiger partial charge in [-0.2, -0.15) is 9.97 Å². The molecule has 2 saturated heterocycles. The molecule has 2 atom stereocenters. The molecular weight excluding hydrogens is 614 g/mol. The fourth-order valence-corrected chi connectivity index (χ4v) is 8.32. The summed E-state index contributed by atoms with van der Waals surface area (Å²) in [7, 11) is 0. The molecule has 10 nitrogen and oxygen atoms in total. The molecule has 4 aliphatic heterocycles. The van der Waals surface area contributed by atoms with E-state index in [4.69, 9.17) is 26.3 Å². The van der Waals surface area contributed by atoms with Crippen LogP contribution >= 0.6 is 11.6 Å². The highest BCUT2D eigenvalue weighted by atomic mass is 35.5. The van der Waals surface area contributed by atoms with E-state index in [-0.39, 0.29) is 23.1 Å². The highest BCUT2D eigenvalue weighted by Gasteiger charge is 2.49. The van der Waals surface area contributed by atoms with Crippen LogP contribution in [-0.4, -0.2) is 79.5 Å². The van der Waals surface area contributed by atoms with Crippen molar-refractivity contribution in [3.8, 4) is 11.8 Å². The molecule has 13 heteroatoms. The molecule has 1 N–H and O–H groups in total. The Balaban J connectivity index is 1.18. The smallest absolute Gasteiger partial charge is 0.318 e. The van der Waals surface area contributed by atoms with Crippen LogP contribution in [0.15, 0.2) is 24.3 Å². The summed E-state index contributed by atoms with van der Waals surface area (Å²) >= 11 is 6.46. The molecule has 0 amide bonds. The summed E-state index contributed by atoms with van der Waals surface area (Å²) in [4.78, 5) is 16.6. The number of halogens is 3. The minimum absolute atomic E-state index is 0.129. The Bertz CT molecular complexity index is 1820. The minimum atomic E-state index is -0.854. The van der Waals surface area contributed by atoms with Gasteiger partial charge in [0.2, 0.25) is 0 Å². The molecule has 0 bridgehead atoms. The van der Waals surface area contributed by atoms with Gasteiger partial charge in [0.15, 0.2) is 5.15 Å². The van der Waals surface area contributed by atoms with E-state index in [0.717, 1.165) is 71.6 Å². The number of aryl methyl sites for hydroxylation is 2. The molecule has 8 rings (SSSR count). The Kier molecular flexibility index (Phi) is 7.39. The van der Waals surface area contributed by atoms with E-state index in [2.05, 4.69) is 25.0 Å². The van der Waals surface area contributed by atoms with Crippen molar-refractivity contribution in [1.29, 1.82) is 0 Å². The van der Waals surface area contributed by atoms with Gasteiger partial charge in [0.1, 0.15) is 30.2 Å². The summed E-state index contributed by atoms with van der Waals surface area (Å²) in [5.74, 6) is 0.669. The first kappa shape index (κ1) is 29.6. The van der Waals surface area contributed by atoms with Gasteiger partial charge in [0.05, 0.1) is 30.0 Å². The molecule has 46 heavy (non-hydrogen) atoms. The second kappa shape index (κ2) is 11.5. The van der Waals surface area contributed by atoms with E-state index in [9.17, 15) is 9.50 Å². The number of aromatic nitrogens is 5. The molecule has 4 aromatic rings. The van der Waals surface area contributed by atoms with Gasteiger partial charge in [-0.25, -0.2) is 13.5 Å². The number of alkyl halides is 1. The summed E-state index contributed by atoms with van der Waals surface area (Å²) in [6.45, 7) is 6.60. The van der Waals surface area contributed by atoms with Crippen molar-refractivity contribution >= 4 is 33.9 Å². The zero-order chi connectivity index (χ0) is 31.6. The van der Waals surface area contributed by atoms with Gasteiger partial charge >= 0.3 is 6.01 Å². The molecule has 0 radical (unpaired) electrons. The number of anilines is 2. The molecule has 2 fully saturated rings. The second-order valence-corrected chi connectivity index (χ2v) is 13.4. The molecule has 242 valence electrons. The molecule has 6 heterocycles. The number of hydrogen-bond donors (Lipinski definition) is 1. The summed E-state index contributed by atoms with van der Waals surface area (Å²) in [6.07, 6.45) is 3.52. The van der Waals surface area contributed by atoms with Crippen molar-refractivity contribution in [2.24, 2.45) is 0 Å². The van der Waals surface area contributed by atoms with Gasteiger partial charge in [0.25, 0.3) is 0 Å². The number of nitrogens with zero attached hydrogens (tertiary/aromatic N) is 8. The topological polar surface area (TPSA) is 95.7 Å².